The van der Waals surface area contributed by atoms with Gasteiger partial charge < -0.3 is 4.74 Å². The molecule has 0 bridgehead atoms. The highest BCUT2D eigenvalue weighted by Crippen LogP contribution is 2.59. The minimum absolute atomic E-state index is 0.0973. The average Bonchev–Trinajstić information content (AvgIpc) is 2.49. The molecule has 1 fully saturated rings. The summed E-state index contributed by atoms with van der Waals surface area (Å²) in [5.74, 6) is 2.53. The molecule has 3 atom stereocenters. The Labute approximate surface area is 68.4 Å². The van der Waals surface area contributed by atoms with Gasteiger partial charge in [-0.3, -0.25) is 0 Å². The van der Waals surface area contributed by atoms with Gasteiger partial charge in [-0.15, -0.1) is 0 Å². The molecule has 0 radical (unpaired) electrons. The van der Waals surface area contributed by atoms with Crippen molar-refractivity contribution in [3.8, 4) is 0 Å². The van der Waals surface area contributed by atoms with Crippen LogP contribution in [0.4, 0.5) is 0 Å². The third kappa shape index (κ3) is 0.943. The van der Waals surface area contributed by atoms with Gasteiger partial charge in [-0.2, -0.15) is 0 Å². The van der Waals surface area contributed by atoms with Crippen LogP contribution in [-0.4, -0.2) is 12.7 Å². The number of fused-ring (bicyclic) bond motifs is 1. The zero-order valence-electron chi connectivity index (χ0n) is 7.50. The van der Waals surface area contributed by atoms with Crippen molar-refractivity contribution in [3.63, 3.8) is 0 Å². The van der Waals surface area contributed by atoms with Crippen molar-refractivity contribution in [2.45, 2.75) is 25.9 Å². The molecule has 1 saturated carbocycles. The van der Waals surface area contributed by atoms with Crippen molar-refractivity contribution >= 4 is 0 Å². The largest absolute Gasteiger partial charge is 0.378 e. The minimum atomic E-state index is 0.0973. The second-order valence-corrected chi connectivity index (χ2v) is 4.24. The maximum absolute atomic E-state index is 5.46. The summed E-state index contributed by atoms with van der Waals surface area (Å²) in [5, 5.41) is 0. The number of allylic oxidation sites excluding steroid dienone is 2. The average molecular weight is 152 g/mol. The van der Waals surface area contributed by atoms with Crippen LogP contribution in [-0.2, 0) is 4.74 Å². The molecule has 1 nitrogen and oxygen atoms in total. The number of hydrogen-bond acceptors (Lipinski definition) is 1. The second-order valence-electron chi connectivity index (χ2n) is 4.24. The quantitative estimate of drug-likeness (QED) is 0.551. The van der Waals surface area contributed by atoms with Gasteiger partial charge in [0.25, 0.3) is 0 Å². The molecule has 0 aromatic carbocycles. The van der Waals surface area contributed by atoms with E-state index >= 15 is 0 Å². The monoisotopic (exact) mass is 152 g/mol. The number of ether oxygens (including phenoxy) is 1. The Kier molecular flexibility index (Phi) is 1.40. The zero-order chi connectivity index (χ0) is 8.06. The van der Waals surface area contributed by atoms with Crippen LogP contribution in [0.15, 0.2) is 12.2 Å². The first-order valence-corrected chi connectivity index (χ1v) is 4.38. The minimum Gasteiger partial charge on any atom is -0.378 e. The maximum Gasteiger partial charge on any atom is 0.0659 e. The molecule has 1 heteroatoms. The molecule has 11 heavy (non-hydrogen) atoms. The Morgan fingerprint density at radius 1 is 1.45 bits per heavy atom. The van der Waals surface area contributed by atoms with Crippen molar-refractivity contribution in [1.29, 1.82) is 0 Å². The highest BCUT2D eigenvalue weighted by atomic mass is 16.5. The molecular weight excluding hydrogens is 136 g/mol. The topological polar surface area (TPSA) is 9.23 Å². The van der Waals surface area contributed by atoms with Gasteiger partial charge in [-0.25, -0.2) is 0 Å². The summed E-state index contributed by atoms with van der Waals surface area (Å²) in [6.07, 6.45) is 5.94. The standard InChI is InChI=1S/C10H16O/c1-10(2,11-3)9-7-5-4-6-8(7)9/h4-5,7-9H,6H2,1-3H3/t7-,8+,9+/m0/s1. The fourth-order valence-electron chi connectivity index (χ4n) is 2.47. The lowest BCUT2D eigenvalue weighted by Gasteiger charge is -2.24. The lowest BCUT2D eigenvalue weighted by molar-refractivity contribution is -0.00350. The van der Waals surface area contributed by atoms with Crippen molar-refractivity contribution in [3.05, 3.63) is 12.2 Å². The first-order valence-electron chi connectivity index (χ1n) is 4.38. The maximum atomic E-state index is 5.46. The van der Waals surface area contributed by atoms with Crippen LogP contribution in [0.5, 0.6) is 0 Å². The Morgan fingerprint density at radius 2 is 2.18 bits per heavy atom. The zero-order valence-corrected chi connectivity index (χ0v) is 7.50. The van der Waals surface area contributed by atoms with Gasteiger partial charge in [0.05, 0.1) is 5.60 Å². The summed E-state index contributed by atoms with van der Waals surface area (Å²) in [7, 11) is 1.82. The summed E-state index contributed by atoms with van der Waals surface area (Å²) in [4.78, 5) is 0. The first kappa shape index (κ1) is 7.35. The van der Waals surface area contributed by atoms with Gasteiger partial charge in [-0.05, 0) is 38.0 Å². The number of hydrogen-bond donors (Lipinski definition) is 0. The lowest BCUT2D eigenvalue weighted by Crippen LogP contribution is -2.27. The molecule has 0 aromatic heterocycles. The highest BCUT2D eigenvalue weighted by Gasteiger charge is 2.57. The van der Waals surface area contributed by atoms with Crippen LogP contribution in [0.2, 0.25) is 0 Å². The third-order valence-corrected chi connectivity index (χ3v) is 3.32. The van der Waals surface area contributed by atoms with E-state index in [-0.39, 0.29) is 5.60 Å². The molecule has 0 amide bonds. The van der Waals surface area contributed by atoms with E-state index in [0.29, 0.717) is 0 Å². The van der Waals surface area contributed by atoms with Crippen LogP contribution in [0.25, 0.3) is 0 Å². The molecule has 0 unspecified atom stereocenters. The first-order chi connectivity index (χ1) is 5.17. The van der Waals surface area contributed by atoms with Crippen LogP contribution >= 0.6 is 0 Å². The summed E-state index contributed by atoms with van der Waals surface area (Å²) in [5.41, 5.74) is 0.0973. The van der Waals surface area contributed by atoms with Gasteiger partial charge in [0, 0.05) is 7.11 Å². The van der Waals surface area contributed by atoms with E-state index in [2.05, 4.69) is 26.0 Å². The van der Waals surface area contributed by atoms with Crippen LogP contribution in [0.3, 0.4) is 0 Å². The molecule has 0 saturated heterocycles. The molecule has 0 heterocycles. The van der Waals surface area contributed by atoms with E-state index in [0.717, 1.165) is 17.8 Å². The number of rotatable bonds is 2. The normalized spacial score (nSPS) is 40.8. The third-order valence-electron chi connectivity index (χ3n) is 3.32. The molecule has 2 aliphatic rings. The van der Waals surface area contributed by atoms with E-state index in [1.54, 1.807) is 0 Å². The van der Waals surface area contributed by atoms with Crippen LogP contribution in [0.1, 0.15) is 20.3 Å². The summed E-state index contributed by atoms with van der Waals surface area (Å²) in [6.45, 7) is 4.40. The highest BCUT2D eigenvalue weighted by molar-refractivity contribution is 5.20. The fourth-order valence-corrected chi connectivity index (χ4v) is 2.47. The molecule has 2 aliphatic carbocycles. The van der Waals surface area contributed by atoms with Gasteiger partial charge in [0.1, 0.15) is 0 Å². The smallest absolute Gasteiger partial charge is 0.0659 e. The van der Waals surface area contributed by atoms with Crippen molar-refractivity contribution in [2.24, 2.45) is 17.8 Å². The van der Waals surface area contributed by atoms with Gasteiger partial charge in [0.15, 0.2) is 0 Å². The molecule has 0 aliphatic heterocycles. The number of methoxy groups -OCH3 is 1. The Balaban J connectivity index is 2.05. The molecule has 2 rings (SSSR count). The SMILES string of the molecule is COC(C)(C)[C@@H]1[C@H]2C=CC[C@H]21. The van der Waals surface area contributed by atoms with Crippen molar-refractivity contribution in [2.75, 3.05) is 7.11 Å². The summed E-state index contributed by atoms with van der Waals surface area (Å²) in [6, 6.07) is 0. The molecule has 0 spiro atoms. The van der Waals surface area contributed by atoms with E-state index in [4.69, 9.17) is 4.74 Å². The Morgan fingerprint density at radius 3 is 2.64 bits per heavy atom. The van der Waals surface area contributed by atoms with Gasteiger partial charge in [-0.1, -0.05) is 12.2 Å². The van der Waals surface area contributed by atoms with E-state index in [1.807, 2.05) is 7.11 Å². The lowest BCUT2D eigenvalue weighted by atomic mass is 9.98. The van der Waals surface area contributed by atoms with Crippen LogP contribution in [0, 0.1) is 17.8 Å². The van der Waals surface area contributed by atoms with Crippen LogP contribution < -0.4 is 0 Å². The van der Waals surface area contributed by atoms with Crippen molar-refractivity contribution < 1.29 is 4.74 Å². The molecule has 0 N–H and O–H groups in total. The molecule has 0 aromatic rings. The van der Waals surface area contributed by atoms with E-state index in [9.17, 15) is 0 Å². The summed E-state index contributed by atoms with van der Waals surface area (Å²) < 4.78 is 5.46. The van der Waals surface area contributed by atoms with Gasteiger partial charge in [0.2, 0.25) is 0 Å². The second kappa shape index (κ2) is 2.10. The Hall–Kier alpha value is -0.300. The molecule has 62 valence electrons. The predicted molar refractivity (Wildman–Crippen MR) is 45.3 cm³/mol. The fraction of sp³-hybridized carbons (Fsp3) is 0.800. The summed E-state index contributed by atoms with van der Waals surface area (Å²) >= 11 is 0. The van der Waals surface area contributed by atoms with Gasteiger partial charge >= 0.3 is 0 Å². The predicted octanol–water partition coefficient (Wildman–Crippen LogP) is 2.23. The van der Waals surface area contributed by atoms with E-state index in [1.165, 1.54) is 6.42 Å². The Bertz CT molecular complexity index is 193. The van der Waals surface area contributed by atoms with E-state index < -0.39 is 0 Å². The molecular formula is C10H16O. The van der Waals surface area contributed by atoms with Crippen molar-refractivity contribution in [1.82, 2.24) is 0 Å².